The lowest BCUT2D eigenvalue weighted by atomic mass is 10.1. The number of nitriles is 1. The van der Waals surface area contributed by atoms with Gasteiger partial charge in [0.2, 0.25) is 0 Å². The van der Waals surface area contributed by atoms with Crippen molar-refractivity contribution in [1.29, 1.82) is 5.26 Å². The van der Waals surface area contributed by atoms with Crippen LogP contribution < -0.4 is 5.32 Å². The molecule has 3 nitrogen and oxygen atoms in total. The Morgan fingerprint density at radius 1 is 1.50 bits per heavy atom. The summed E-state index contributed by atoms with van der Waals surface area (Å²) < 4.78 is 0. The van der Waals surface area contributed by atoms with Gasteiger partial charge in [-0.3, -0.25) is 0 Å². The molecular weight excluding hydrogens is 242 g/mol. The van der Waals surface area contributed by atoms with Crippen LogP contribution in [0.15, 0.2) is 35.8 Å². The highest BCUT2D eigenvalue weighted by Crippen LogP contribution is 2.26. The molecule has 2 heterocycles. The van der Waals surface area contributed by atoms with Crippen molar-refractivity contribution < 1.29 is 0 Å². The number of nitrogens with zero attached hydrogens (tertiary/aromatic N) is 2. The maximum absolute atomic E-state index is 8.88. The summed E-state index contributed by atoms with van der Waals surface area (Å²) in [6.45, 7) is 2.17. The van der Waals surface area contributed by atoms with E-state index in [1.54, 1.807) is 29.7 Å². The molecule has 0 aliphatic carbocycles. The fourth-order valence-electron chi connectivity index (χ4n) is 1.82. The van der Waals surface area contributed by atoms with E-state index in [1.807, 2.05) is 0 Å². The first-order chi connectivity index (χ1) is 8.83. The maximum Gasteiger partial charge on any atom is 0.127 e. The summed E-state index contributed by atoms with van der Waals surface area (Å²) in [7, 11) is 0. The molecule has 2 rings (SSSR count). The highest BCUT2D eigenvalue weighted by Gasteiger charge is 2.12. The second kappa shape index (κ2) is 6.18. The van der Waals surface area contributed by atoms with Gasteiger partial charge in [0, 0.05) is 11.1 Å². The first-order valence-corrected chi connectivity index (χ1v) is 6.87. The lowest BCUT2D eigenvalue weighted by Gasteiger charge is -2.17. The van der Waals surface area contributed by atoms with E-state index in [1.165, 1.54) is 4.88 Å². The number of anilines is 1. The molecule has 1 atom stereocenters. The van der Waals surface area contributed by atoms with Gasteiger partial charge in [0.05, 0.1) is 17.7 Å². The highest BCUT2D eigenvalue weighted by molar-refractivity contribution is 7.10. The molecule has 1 N–H and O–H groups in total. The quantitative estimate of drug-likeness (QED) is 0.881. The minimum atomic E-state index is 0.274. The average Bonchev–Trinajstić information content (AvgIpc) is 2.92. The van der Waals surface area contributed by atoms with Crippen LogP contribution in [-0.2, 0) is 0 Å². The molecule has 0 saturated heterocycles. The number of pyridine rings is 1. The van der Waals surface area contributed by atoms with Crippen LogP contribution in [0.1, 0.15) is 36.2 Å². The lowest BCUT2D eigenvalue weighted by molar-refractivity contribution is 0.684. The van der Waals surface area contributed by atoms with E-state index in [0.717, 1.165) is 18.7 Å². The molecule has 18 heavy (non-hydrogen) atoms. The largest absolute Gasteiger partial charge is 0.362 e. The van der Waals surface area contributed by atoms with Crippen LogP contribution in [0.25, 0.3) is 0 Å². The summed E-state index contributed by atoms with van der Waals surface area (Å²) in [5, 5.41) is 14.4. The van der Waals surface area contributed by atoms with E-state index >= 15 is 0 Å². The number of nitrogens with one attached hydrogen (secondary N) is 1. The van der Waals surface area contributed by atoms with Gasteiger partial charge in [-0.05, 0) is 30.0 Å². The Balaban J connectivity index is 2.16. The molecule has 92 valence electrons. The Morgan fingerprint density at radius 3 is 3.06 bits per heavy atom. The fourth-order valence-corrected chi connectivity index (χ4v) is 2.63. The summed E-state index contributed by atoms with van der Waals surface area (Å²) in [6, 6.07) is 10.1. The van der Waals surface area contributed by atoms with E-state index in [-0.39, 0.29) is 6.04 Å². The molecular formula is C14H15N3S. The zero-order chi connectivity index (χ0) is 12.8. The summed E-state index contributed by atoms with van der Waals surface area (Å²) in [6.07, 6.45) is 3.82. The first kappa shape index (κ1) is 12.6. The second-order valence-electron chi connectivity index (χ2n) is 4.04. The van der Waals surface area contributed by atoms with Gasteiger partial charge in [-0.2, -0.15) is 5.26 Å². The van der Waals surface area contributed by atoms with E-state index in [0.29, 0.717) is 5.56 Å². The van der Waals surface area contributed by atoms with Gasteiger partial charge in [-0.15, -0.1) is 11.3 Å². The van der Waals surface area contributed by atoms with Crippen molar-refractivity contribution in [2.75, 3.05) is 5.32 Å². The molecule has 2 aromatic heterocycles. The smallest absolute Gasteiger partial charge is 0.127 e. The van der Waals surface area contributed by atoms with Crippen molar-refractivity contribution >= 4 is 17.2 Å². The molecule has 0 radical (unpaired) electrons. The number of rotatable bonds is 5. The van der Waals surface area contributed by atoms with Crippen molar-refractivity contribution in [3.63, 3.8) is 0 Å². The molecule has 1 unspecified atom stereocenters. The van der Waals surface area contributed by atoms with Crippen molar-refractivity contribution in [2.45, 2.75) is 25.8 Å². The Hall–Kier alpha value is -1.86. The van der Waals surface area contributed by atoms with Crippen LogP contribution in [0.2, 0.25) is 0 Å². The van der Waals surface area contributed by atoms with E-state index in [9.17, 15) is 0 Å². The molecule has 0 aliphatic rings. The molecule has 0 fully saturated rings. The number of thiophene rings is 1. The summed E-state index contributed by atoms with van der Waals surface area (Å²) in [5.41, 5.74) is 0.633. The van der Waals surface area contributed by atoms with Gasteiger partial charge in [0.15, 0.2) is 0 Å². The minimum absolute atomic E-state index is 0.274. The fraction of sp³-hybridized carbons (Fsp3) is 0.286. The standard InChI is InChI=1S/C14H15N3S/c1-2-4-12(13-5-3-8-18-13)17-14-9-11(10-15)6-7-16-14/h3,5-9,12H,2,4H2,1H3,(H,16,17). The Morgan fingerprint density at radius 2 is 2.39 bits per heavy atom. The highest BCUT2D eigenvalue weighted by atomic mass is 32.1. The van der Waals surface area contributed by atoms with Gasteiger partial charge in [0.25, 0.3) is 0 Å². The predicted molar refractivity (Wildman–Crippen MR) is 74.5 cm³/mol. The van der Waals surface area contributed by atoms with Crippen molar-refractivity contribution in [3.05, 3.63) is 46.3 Å². The van der Waals surface area contributed by atoms with E-state index in [4.69, 9.17) is 5.26 Å². The monoisotopic (exact) mass is 257 g/mol. The molecule has 0 aliphatic heterocycles. The van der Waals surface area contributed by atoms with Crippen LogP contribution >= 0.6 is 11.3 Å². The van der Waals surface area contributed by atoms with Crippen molar-refractivity contribution in [2.24, 2.45) is 0 Å². The van der Waals surface area contributed by atoms with Gasteiger partial charge in [-0.25, -0.2) is 4.98 Å². The number of hydrogen-bond acceptors (Lipinski definition) is 4. The topological polar surface area (TPSA) is 48.7 Å². The van der Waals surface area contributed by atoms with Crippen LogP contribution in [0.5, 0.6) is 0 Å². The SMILES string of the molecule is CCCC(Nc1cc(C#N)ccn1)c1cccs1. The van der Waals surface area contributed by atoms with Crippen LogP contribution in [0.4, 0.5) is 5.82 Å². The number of hydrogen-bond donors (Lipinski definition) is 1. The third kappa shape index (κ3) is 3.08. The zero-order valence-corrected chi connectivity index (χ0v) is 11.1. The third-order valence-electron chi connectivity index (χ3n) is 2.68. The Kier molecular flexibility index (Phi) is 4.32. The molecule has 0 bridgehead atoms. The van der Waals surface area contributed by atoms with E-state index < -0.39 is 0 Å². The first-order valence-electron chi connectivity index (χ1n) is 5.99. The van der Waals surface area contributed by atoms with Crippen LogP contribution in [-0.4, -0.2) is 4.98 Å². The van der Waals surface area contributed by atoms with Gasteiger partial charge in [-0.1, -0.05) is 19.4 Å². The Bertz CT molecular complexity index is 528. The Labute approximate surface area is 111 Å². The number of aromatic nitrogens is 1. The summed E-state index contributed by atoms with van der Waals surface area (Å²) in [5.74, 6) is 0.765. The summed E-state index contributed by atoms with van der Waals surface area (Å²) >= 11 is 1.74. The minimum Gasteiger partial charge on any atom is -0.362 e. The zero-order valence-electron chi connectivity index (χ0n) is 10.3. The molecule has 4 heteroatoms. The molecule has 0 aromatic carbocycles. The molecule has 2 aromatic rings. The van der Waals surface area contributed by atoms with Gasteiger partial charge in [0.1, 0.15) is 5.82 Å². The average molecular weight is 257 g/mol. The second-order valence-corrected chi connectivity index (χ2v) is 5.02. The molecule has 0 amide bonds. The molecule has 0 spiro atoms. The van der Waals surface area contributed by atoms with Crippen molar-refractivity contribution in [1.82, 2.24) is 4.98 Å². The normalized spacial score (nSPS) is 11.8. The lowest BCUT2D eigenvalue weighted by Crippen LogP contribution is -2.10. The van der Waals surface area contributed by atoms with Gasteiger partial charge >= 0.3 is 0 Å². The van der Waals surface area contributed by atoms with Crippen molar-refractivity contribution in [3.8, 4) is 6.07 Å². The maximum atomic E-state index is 8.88. The third-order valence-corrected chi connectivity index (χ3v) is 3.66. The summed E-state index contributed by atoms with van der Waals surface area (Å²) in [4.78, 5) is 5.57. The predicted octanol–water partition coefficient (Wildman–Crippen LogP) is 3.97. The van der Waals surface area contributed by atoms with E-state index in [2.05, 4.69) is 40.8 Å². The van der Waals surface area contributed by atoms with Gasteiger partial charge < -0.3 is 5.32 Å². The van der Waals surface area contributed by atoms with Crippen LogP contribution in [0.3, 0.4) is 0 Å². The molecule has 0 saturated carbocycles. The van der Waals surface area contributed by atoms with Crippen LogP contribution in [0, 0.1) is 11.3 Å².